The highest BCUT2D eigenvalue weighted by atomic mass is 32.1. The summed E-state index contributed by atoms with van der Waals surface area (Å²) in [6.07, 6.45) is 1.71. The van der Waals surface area contributed by atoms with E-state index in [1.807, 2.05) is 39.0 Å². The highest BCUT2D eigenvalue weighted by Crippen LogP contribution is 2.27. The van der Waals surface area contributed by atoms with Crippen molar-refractivity contribution in [2.45, 2.75) is 20.8 Å². The van der Waals surface area contributed by atoms with Gasteiger partial charge in [-0.1, -0.05) is 12.2 Å². The zero-order chi connectivity index (χ0) is 14.0. The maximum Gasteiger partial charge on any atom is 0.230 e. The molecule has 0 unspecified atom stereocenters. The van der Waals surface area contributed by atoms with Crippen LogP contribution in [-0.4, -0.2) is 15.0 Å². The number of thiocarbonyl (C=S) groups is 1. The minimum absolute atomic E-state index is 0.279. The van der Waals surface area contributed by atoms with Gasteiger partial charge in [-0.2, -0.15) is 0 Å². The largest absolute Gasteiger partial charge is 0.436 e. The van der Waals surface area contributed by atoms with Gasteiger partial charge < -0.3 is 10.5 Å². The van der Waals surface area contributed by atoms with Crippen molar-refractivity contribution in [2.75, 3.05) is 0 Å². The van der Waals surface area contributed by atoms with Gasteiger partial charge in [-0.05, 0) is 44.5 Å². The molecular weight excluding hydrogens is 258 g/mol. The molecule has 0 aliphatic heterocycles. The van der Waals surface area contributed by atoms with E-state index in [1.54, 1.807) is 6.20 Å². The predicted octanol–water partition coefficient (Wildman–Crippen LogP) is 2.83. The Morgan fingerprint density at radius 2 is 2.05 bits per heavy atom. The first-order chi connectivity index (χ1) is 8.99. The molecule has 0 saturated carbocycles. The van der Waals surface area contributed by atoms with Gasteiger partial charge in [0.25, 0.3) is 0 Å². The molecule has 0 atom stereocenters. The van der Waals surface area contributed by atoms with E-state index in [1.165, 1.54) is 0 Å². The molecule has 0 amide bonds. The number of ether oxygens (including phenoxy) is 1. The van der Waals surface area contributed by atoms with E-state index in [4.69, 9.17) is 22.7 Å². The van der Waals surface area contributed by atoms with Gasteiger partial charge in [0.1, 0.15) is 4.99 Å². The average molecular weight is 273 g/mol. The molecule has 2 aromatic heterocycles. The lowest BCUT2D eigenvalue weighted by Gasteiger charge is -2.13. The molecule has 2 aromatic rings. The van der Waals surface area contributed by atoms with Gasteiger partial charge in [-0.25, -0.2) is 4.98 Å². The molecule has 2 heterocycles. The Morgan fingerprint density at radius 3 is 2.68 bits per heavy atom. The molecule has 5 heteroatoms. The van der Waals surface area contributed by atoms with Crippen molar-refractivity contribution < 1.29 is 4.74 Å². The van der Waals surface area contributed by atoms with E-state index in [-0.39, 0.29) is 4.99 Å². The number of hydrogen-bond donors (Lipinski definition) is 1. The third-order valence-corrected chi connectivity index (χ3v) is 2.93. The third kappa shape index (κ3) is 2.88. The summed E-state index contributed by atoms with van der Waals surface area (Å²) < 4.78 is 5.82. The van der Waals surface area contributed by atoms with Crippen LogP contribution in [0.2, 0.25) is 0 Å². The summed E-state index contributed by atoms with van der Waals surface area (Å²) in [5, 5.41) is 0. The second-order valence-electron chi connectivity index (χ2n) is 4.31. The van der Waals surface area contributed by atoms with E-state index in [2.05, 4.69) is 9.97 Å². The molecule has 0 fully saturated rings. The Labute approximate surface area is 117 Å². The number of nitrogens with two attached hydrogens (primary N) is 1. The van der Waals surface area contributed by atoms with Crippen LogP contribution >= 0.6 is 12.2 Å². The number of rotatable bonds is 3. The average Bonchev–Trinajstić information content (AvgIpc) is 2.30. The number of hydrogen-bond acceptors (Lipinski definition) is 4. The van der Waals surface area contributed by atoms with Crippen LogP contribution in [0.1, 0.15) is 22.5 Å². The normalized spacial score (nSPS) is 10.3. The maximum atomic E-state index is 5.82. The van der Waals surface area contributed by atoms with Gasteiger partial charge in [0.05, 0.1) is 11.3 Å². The van der Waals surface area contributed by atoms with E-state index in [0.29, 0.717) is 17.2 Å². The van der Waals surface area contributed by atoms with E-state index in [0.717, 1.165) is 17.0 Å². The Kier molecular flexibility index (Phi) is 3.76. The first-order valence-electron chi connectivity index (χ1n) is 5.86. The number of pyridine rings is 2. The summed E-state index contributed by atoms with van der Waals surface area (Å²) in [4.78, 5) is 8.83. The molecule has 98 valence electrons. The Bertz CT molecular complexity index is 641. The molecular formula is C14H15N3OS. The lowest BCUT2D eigenvalue weighted by atomic mass is 10.1. The molecule has 0 radical (unpaired) electrons. The zero-order valence-corrected chi connectivity index (χ0v) is 11.9. The first kappa shape index (κ1) is 13.4. The standard InChI is InChI=1S/C14H15N3OS/c1-8-7-9(2)17-14(12(8)13(15)19)18-11-5-4-6-16-10(11)3/h4-7H,1-3H3,(H2,15,19). The Hall–Kier alpha value is -2.01. The van der Waals surface area contributed by atoms with Crippen molar-refractivity contribution in [3.63, 3.8) is 0 Å². The van der Waals surface area contributed by atoms with Gasteiger partial charge in [0.2, 0.25) is 5.88 Å². The fourth-order valence-electron chi connectivity index (χ4n) is 1.86. The Morgan fingerprint density at radius 1 is 1.32 bits per heavy atom. The van der Waals surface area contributed by atoms with E-state index in [9.17, 15) is 0 Å². The van der Waals surface area contributed by atoms with Crippen LogP contribution in [0.15, 0.2) is 24.4 Å². The molecule has 0 bridgehead atoms. The van der Waals surface area contributed by atoms with Crippen molar-refractivity contribution >= 4 is 17.2 Å². The second kappa shape index (κ2) is 5.32. The lowest BCUT2D eigenvalue weighted by Crippen LogP contribution is -2.14. The summed E-state index contributed by atoms with van der Waals surface area (Å²) >= 11 is 5.07. The topological polar surface area (TPSA) is 61.0 Å². The van der Waals surface area contributed by atoms with E-state index < -0.39 is 0 Å². The molecule has 0 spiro atoms. The van der Waals surface area contributed by atoms with Crippen LogP contribution in [0.5, 0.6) is 11.6 Å². The van der Waals surface area contributed by atoms with Crippen molar-refractivity contribution in [2.24, 2.45) is 5.73 Å². The molecule has 2 N–H and O–H groups in total. The smallest absolute Gasteiger partial charge is 0.230 e. The van der Waals surface area contributed by atoms with Crippen LogP contribution in [0.4, 0.5) is 0 Å². The van der Waals surface area contributed by atoms with Crippen molar-refractivity contribution in [1.82, 2.24) is 9.97 Å². The summed E-state index contributed by atoms with van der Waals surface area (Å²) in [5.74, 6) is 1.08. The monoisotopic (exact) mass is 273 g/mol. The highest BCUT2D eigenvalue weighted by molar-refractivity contribution is 7.80. The quantitative estimate of drug-likeness (QED) is 0.871. The molecule has 2 rings (SSSR count). The van der Waals surface area contributed by atoms with E-state index >= 15 is 0 Å². The molecule has 0 saturated heterocycles. The highest BCUT2D eigenvalue weighted by Gasteiger charge is 2.14. The van der Waals surface area contributed by atoms with Gasteiger partial charge in [-0.15, -0.1) is 0 Å². The van der Waals surface area contributed by atoms with Crippen LogP contribution < -0.4 is 10.5 Å². The predicted molar refractivity (Wildman–Crippen MR) is 78.6 cm³/mol. The van der Waals surface area contributed by atoms with Crippen molar-refractivity contribution in [3.8, 4) is 11.6 Å². The SMILES string of the molecule is Cc1cc(C)c(C(N)=S)c(Oc2cccnc2C)n1. The summed E-state index contributed by atoms with van der Waals surface area (Å²) in [6, 6.07) is 5.58. The van der Waals surface area contributed by atoms with Crippen LogP contribution in [0, 0.1) is 20.8 Å². The molecule has 0 aromatic carbocycles. The first-order valence-corrected chi connectivity index (χ1v) is 6.27. The number of nitrogens with zero attached hydrogens (tertiary/aromatic N) is 2. The van der Waals surface area contributed by atoms with Crippen LogP contribution in [0.3, 0.4) is 0 Å². The molecule has 0 aliphatic rings. The number of aromatic nitrogens is 2. The van der Waals surface area contributed by atoms with Gasteiger partial charge >= 0.3 is 0 Å². The lowest BCUT2D eigenvalue weighted by molar-refractivity contribution is 0.454. The summed E-state index contributed by atoms with van der Waals surface area (Å²) in [7, 11) is 0. The fraction of sp³-hybridized carbons (Fsp3) is 0.214. The Balaban J connectivity index is 2.51. The second-order valence-corrected chi connectivity index (χ2v) is 4.75. The van der Waals surface area contributed by atoms with Gasteiger partial charge in [-0.3, -0.25) is 4.98 Å². The molecule has 19 heavy (non-hydrogen) atoms. The van der Waals surface area contributed by atoms with Crippen molar-refractivity contribution in [1.29, 1.82) is 0 Å². The molecule has 4 nitrogen and oxygen atoms in total. The molecule has 0 aliphatic carbocycles. The summed E-state index contributed by atoms with van der Waals surface area (Å²) in [5.41, 5.74) is 9.02. The number of aryl methyl sites for hydroxylation is 3. The van der Waals surface area contributed by atoms with Gasteiger partial charge in [0.15, 0.2) is 5.75 Å². The van der Waals surface area contributed by atoms with Gasteiger partial charge in [0, 0.05) is 11.9 Å². The van der Waals surface area contributed by atoms with Crippen molar-refractivity contribution in [3.05, 3.63) is 46.9 Å². The third-order valence-electron chi connectivity index (χ3n) is 2.72. The zero-order valence-electron chi connectivity index (χ0n) is 11.1. The summed E-state index contributed by atoms with van der Waals surface area (Å²) in [6.45, 7) is 5.71. The van der Waals surface area contributed by atoms with Crippen LogP contribution in [-0.2, 0) is 0 Å². The van der Waals surface area contributed by atoms with Crippen LogP contribution in [0.25, 0.3) is 0 Å². The fourth-order valence-corrected chi connectivity index (χ4v) is 2.11. The minimum atomic E-state index is 0.279. The minimum Gasteiger partial charge on any atom is -0.436 e. The maximum absolute atomic E-state index is 5.82.